The van der Waals surface area contributed by atoms with Crippen LogP contribution >= 0.6 is 11.6 Å². The minimum Gasteiger partial charge on any atom is -0.245 e. The van der Waals surface area contributed by atoms with Crippen molar-refractivity contribution in [1.82, 2.24) is 4.72 Å². The maximum Gasteiger partial charge on any atom is 0.275 e. The molecule has 0 saturated carbocycles. The first-order valence-corrected chi connectivity index (χ1v) is 6.63. The molecule has 0 heterocycles. The van der Waals surface area contributed by atoms with Crippen LogP contribution in [0.25, 0.3) is 0 Å². The second-order valence-corrected chi connectivity index (χ2v) is 5.52. The number of halogens is 3. The predicted molar refractivity (Wildman–Crippen MR) is 59.0 cm³/mol. The molecule has 0 amide bonds. The van der Waals surface area contributed by atoms with Crippen molar-refractivity contribution in [2.24, 2.45) is 5.14 Å². The first-order chi connectivity index (χ1) is 7.79. The molecule has 0 fully saturated rings. The smallest absolute Gasteiger partial charge is 0.245 e. The summed E-state index contributed by atoms with van der Waals surface area (Å²) < 4.78 is 50.8. The molecule has 2 rings (SSSR count). The minimum atomic E-state index is -4.08. The number of hydrogen-bond donors (Lipinski definition) is 2. The molecule has 0 bridgehead atoms. The van der Waals surface area contributed by atoms with Gasteiger partial charge in [0.05, 0.1) is 6.04 Å². The number of benzene rings is 1. The van der Waals surface area contributed by atoms with E-state index in [-0.39, 0.29) is 22.6 Å². The Balaban J connectivity index is 2.50. The van der Waals surface area contributed by atoms with Crippen molar-refractivity contribution in [2.75, 3.05) is 0 Å². The first-order valence-electron chi connectivity index (χ1n) is 4.70. The van der Waals surface area contributed by atoms with E-state index in [1.54, 1.807) is 0 Å². The Morgan fingerprint density at radius 1 is 1.47 bits per heavy atom. The minimum absolute atomic E-state index is 0.0890. The van der Waals surface area contributed by atoms with Gasteiger partial charge in [-0.1, -0.05) is 11.6 Å². The van der Waals surface area contributed by atoms with Gasteiger partial charge in [0.1, 0.15) is 12.0 Å². The fourth-order valence-electron chi connectivity index (χ4n) is 1.96. The van der Waals surface area contributed by atoms with E-state index >= 15 is 0 Å². The van der Waals surface area contributed by atoms with Crippen LogP contribution < -0.4 is 9.86 Å². The highest BCUT2D eigenvalue weighted by molar-refractivity contribution is 7.87. The van der Waals surface area contributed by atoms with E-state index in [0.717, 1.165) is 6.07 Å². The van der Waals surface area contributed by atoms with Crippen molar-refractivity contribution < 1.29 is 17.2 Å². The highest BCUT2D eigenvalue weighted by Crippen LogP contribution is 2.39. The van der Waals surface area contributed by atoms with Crippen LogP contribution in [0.15, 0.2) is 12.1 Å². The average Bonchev–Trinajstić information content (AvgIpc) is 2.49. The number of nitrogens with two attached hydrogens (primary N) is 1. The Bertz CT molecular complexity index is 564. The molecule has 8 heteroatoms. The predicted octanol–water partition coefficient (Wildman–Crippen LogP) is 1.21. The molecular formula is C9H9ClF2N2O2S. The van der Waals surface area contributed by atoms with Crippen LogP contribution in [0.4, 0.5) is 8.78 Å². The summed E-state index contributed by atoms with van der Waals surface area (Å²) in [4.78, 5) is 0. The SMILES string of the molecule is NS(=O)(=O)N[C@H]1c2c(Cl)ccc(F)c2C[C@@H]1F. The van der Waals surface area contributed by atoms with Crippen LogP contribution in [0.2, 0.25) is 5.02 Å². The second kappa shape index (κ2) is 4.16. The van der Waals surface area contributed by atoms with Crippen LogP contribution in [0.1, 0.15) is 17.2 Å². The molecule has 0 radical (unpaired) electrons. The molecule has 94 valence electrons. The fourth-order valence-corrected chi connectivity index (χ4v) is 2.87. The van der Waals surface area contributed by atoms with Gasteiger partial charge in [-0.3, -0.25) is 0 Å². The number of rotatable bonds is 2. The van der Waals surface area contributed by atoms with E-state index in [2.05, 4.69) is 0 Å². The molecule has 2 atom stereocenters. The zero-order valence-electron chi connectivity index (χ0n) is 8.45. The second-order valence-electron chi connectivity index (χ2n) is 3.78. The summed E-state index contributed by atoms with van der Waals surface area (Å²) in [6.45, 7) is 0. The van der Waals surface area contributed by atoms with Gasteiger partial charge >= 0.3 is 0 Å². The van der Waals surface area contributed by atoms with Gasteiger partial charge in [-0.05, 0) is 23.3 Å². The van der Waals surface area contributed by atoms with E-state index in [4.69, 9.17) is 16.7 Å². The third-order valence-electron chi connectivity index (χ3n) is 2.61. The molecule has 1 aromatic carbocycles. The number of fused-ring (bicyclic) bond motifs is 1. The van der Waals surface area contributed by atoms with Crippen LogP contribution in [-0.4, -0.2) is 14.6 Å². The molecular weight excluding hydrogens is 274 g/mol. The van der Waals surface area contributed by atoms with Gasteiger partial charge < -0.3 is 0 Å². The Morgan fingerprint density at radius 3 is 2.71 bits per heavy atom. The van der Waals surface area contributed by atoms with E-state index < -0.39 is 28.2 Å². The van der Waals surface area contributed by atoms with Crippen molar-refractivity contribution in [1.29, 1.82) is 0 Å². The first kappa shape index (κ1) is 12.7. The molecule has 0 saturated heterocycles. The Morgan fingerprint density at radius 2 is 2.12 bits per heavy atom. The normalized spacial score (nSPS) is 23.8. The Labute approximate surface area is 102 Å². The molecule has 0 aromatic heterocycles. The van der Waals surface area contributed by atoms with Gasteiger partial charge in [0, 0.05) is 11.4 Å². The lowest BCUT2D eigenvalue weighted by atomic mass is 10.1. The average molecular weight is 283 g/mol. The lowest BCUT2D eigenvalue weighted by Crippen LogP contribution is -2.37. The summed E-state index contributed by atoms with van der Waals surface area (Å²) in [5.41, 5.74) is 0.208. The molecule has 0 spiro atoms. The standard InChI is InChI=1S/C9H9ClF2N2O2S/c10-5-1-2-6(11)4-3-7(12)9(8(4)5)14-17(13,15)16/h1-2,7,9,14H,3H2,(H2,13,15,16)/t7-,9+/m0/s1. The highest BCUT2D eigenvalue weighted by atomic mass is 35.5. The zero-order chi connectivity index (χ0) is 12.8. The highest BCUT2D eigenvalue weighted by Gasteiger charge is 2.38. The summed E-state index contributed by atoms with van der Waals surface area (Å²) in [5, 5.41) is 4.89. The van der Waals surface area contributed by atoms with Crippen LogP contribution in [0, 0.1) is 5.82 Å². The number of alkyl halides is 1. The maximum atomic E-state index is 13.7. The van der Waals surface area contributed by atoms with E-state index in [0.29, 0.717) is 0 Å². The van der Waals surface area contributed by atoms with Gasteiger partial charge in [-0.25, -0.2) is 13.9 Å². The van der Waals surface area contributed by atoms with E-state index in [1.165, 1.54) is 6.07 Å². The molecule has 1 aromatic rings. The van der Waals surface area contributed by atoms with Gasteiger partial charge in [0.2, 0.25) is 0 Å². The largest absolute Gasteiger partial charge is 0.275 e. The fraction of sp³-hybridized carbons (Fsp3) is 0.333. The maximum absolute atomic E-state index is 13.7. The quantitative estimate of drug-likeness (QED) is 0.856. The van der Waals surface area contributed by atoms with Gasteiger partial charge in [-0.15, -0.1) is 0 Å². The molecule has 1 aliphatic carbocycles. The van der Waals surface area contributed by atoms with E-state index in [9.17, 15) is 17.2 Å². The van der Waals surface area contributed by atoms with Crippen LogP contribution in [-0.2, 0) is 16.6 Å². The third-order valence-corrected chi connectivity index (χ3v) is 3.52. The van der Waals surface area contributed by atoms with Crippen molar-refractivity contribution in [3.8, 4) is 0 Å². The van der Waals surface area contributed by atoms with Gasteiger partial charge in [0.15, 0.2) is 0 Å². The number of nitrogens with one attached hydrogen (secondary N) is 1. The lowest BCUT2D eigenvalue weighted by Gasteiger charge is -2.15. The van der Waals surface area contributed by atoms with Gasteiger partial charge in [-0.2, -0.15) is 13.1 Å². The molecule has 0 aliphatic heterocycles. The molecule has 17 heavy (non-hydrogen) atoms. The van der Waals surface area contributed by atoms with Gasteiger partial charge in [0.25, 0.3) is 10.2 Å². The number of hydrogen-bond acceptors (Lipinski definition) is 2. The third kappa shape index (κ3) is 2.42. The summed E-state index contributed by atoms with van der Waals surface area (Å²) >= 11 is 5.82. The summed E-state index contributed by atoms with van der Waals surface area (Å²) in [5.74, 6) is -0.606. The summed E-state index contributed by atoms with van der Waals surface area (Å²) in [6.07, 6.45) is -1.81. The topological polar surface area (TPSA) is 72.2 Å². The molecule has 3 N–H and O–H groups in total. The molecule has 4 nitrogen and oxygen atoms in total. The Kier molecular flexibility index (Phi) is 3.11. The summed E-state index contributed by atoms with van der Waals surface area (Å²) in [6, 6.07) is 1.14. The van der Waals surface area contributed by atoms with Crippen LogP contribution in [0.5, 0.6) is 0 Å². The van der Waals surface area contributed by atoms with E-state index in [1.807, 2.05) is 4.72 Å². The molecule has 0 unspecified atom stereocenters. The monoisotopic (exact) mass is 282 g/mol. The Hall–Kier alpha value is -0.760. The van der Waals surface area contributed by atoms with Crippen molar-refractivity contribution in [3.63, 3.8) is 0 Å². The zero-order valence-corrected chi connectivity index (χ0v) is 10.0. The summed E-state index contributed by atoms with van der Waals surface area (Å²) in [7, 11) is -4.08. The van der Waals surface area contributed by atoms with Crippen molar-refractivity contribution in [2.45, 2.75) is 18.6 Å². The van der Waals surface area contributed by atoms with Crippen molar-refractivity contribution in [3.05, 3.63) is 34.1 Å². The lowest BCUT2D eigenvalue weighted by molar-refractivity contribution is 0.289. The van der Waals surface area contributed by atoms with Crippen LogP contribution in [0.3, 0.4) is 0 Å². The molecule has 1 aliphatic rings. The van der Waals surface area contributed by atoms with Crippen molar-refractivity contribution >= 4 is 21.8 Å².